The Balaban J connectivity index is 1.83. The van der Waals surface area contributed by atoms with E-state index < -0.39 is 0 Å². The smallest absolute Gasteiger partial charge is 0.234 e. The summed E-state index contributed by atoms with van der Waals surface area (Å²) in [5, 5.41) is 10.8. The van der Waals surface area contributed by atoms with Gasteiger partial charge in [-0.05, 0) is 30.3 Å². The molecular weight excluding hydrogens is 312 g/mol. The van der Waals surface area contributed by atoms with Crippen LogP contribution in [0.15, 0.2) is 42.5 Å². The van der Waals surface area contributed by atoms with Crippen molar-refractivity contribution in [3.63, 3.8) is 0 Å². The number of thiazole rings is 1. The molecule has 2 heterocycles. The number of aromatic hydroxyl groups is 1. The fourth-order valence-electron chi connectivity index (χ4n) is 2.69. The van der Waals surface area contributed by atoms with E-state index in [1.54, 1.807) is 12.1 Å². The molecular formula is C17H12N2O3S. The van der Waals surface area contributed by atoms with Crippen molar-refractivity contribution in [1.82, 2.24) is 4.98 Å². The summed E-state index contributed by atoms with van der Waals surface area (Å²) in [6.45, 7) is 0. The van der Waals surface area contributed by atoms with Crippen molar-refractivity contribution < 1.29 is 14.7 Å². The Morgan fingerprint density at radius 3 is 2.52 bits per heavy atom. The molecule has 114 valence electrons. The molecule has 1 saturated heterocycles. The highest BCUT2D eigenvalue weighted by Crippen LogP contribution is 2.38. The van der Waals surface area contributed by atoms with Crippen molar-refractivity contribution in [3.8, 4) is 16.3 Å². The Bertz CT molecular complexity index is 899. The Hall–Kier alpha value is -2.73. The van der Waals surface area contributed by atoms with Gasteiger partial charge >= 0.3 is 0 Å². The highest BCUT2D eigenvalue weighted by atomic mass is 32.1. The van der Waals surface area contributed by atoms with Crippen LogP contribution >= 0.6 is 11.3 Å². The lowest BCUT2D eigenvalue weighted by atomic mass is 10.1. The largest absolute Gasteiger partial charge is 0.507 e. The molecule has 4 rings (SSSR count). The topological polar surface area (TPSA) is 70.5 Å². The third kappa shape index (κ3) is 2.27. The molecule has 1 fully saturated rings. The zero-order valence-electron chi connectivity index (χ0n) is 12.0. The lowest BCUT2D eigenvalue weighted by molar-refractivity contribution is -0.121. The number of carbonyl (C=O) groups is 2. The monoisotopic (exact) mass is 324 g/mol. The second-order valence-electron chi connectivity index (χ2n) is 5.31. The number of phenolic OH excluding ortho intramolecular Hbond substituents is 1. The van der Waals surface area contributed by atoms with Gasteiger partial charge in [-0.3, -0.25) is 14.5 Å². The zero-order valence-corrected chi connectivity index (χ0v) is 12.8. The first kappa shape index (κ1) is 13.9. The van der Waals surface area contributed by atoms with Gasteiger partial charge in [0.1, 0.15) is 10.8 Å². The van der Waals surface area contributed by atoms with Crippen molar-refractivity contribution in [3.05, 3.63) is 42.5 Å². The fraction of sp³-hybridized carbons (Fsp3) is 0.118. The van der Waals surface area contributed by atoms with E-state index in [1.165, 1.54) is 22.3 Å². The van der Waals surface area contributed by atoms with Crippen LogP contribution in [-0.2, 0) is 9.59 Å². The molecule has 5 nitrogen and oxygen atoms in total. The fourth-order valence-corrected chi connectivity index (χ4v) is 3.68. The van der Waals surface area contributed by atoms with E-state index in [9.17, 15) is 14.7 Å². The molecule has 2 aromatic carbocycles. The van der Waals surface area contributed by atoms with Crippen LogP contribution < -0.4 is 4.90 Å². The average Bonchev–Trinajstić information content (AvgIpc) is 3.12. The highest BCUT2D eigenvalue weighted by molar-refractivity contribution is 7.21. The number of rotatable bonds is 2. The molecule has 3 aromatic rings. The molecule has 0 atom stereocenters. The Morgan fingerprint density at radius 1 is 1.04 bits per heavy atom. The third-order valence-corrected chi connectivity index (χ3v) is 4.88. The van der Waals surface area contributed by atoms with Gasteiger partial charge in [0.15, 0.2) is 0 Å². The number of imide groups is 1. The summed E-state index contributed by atoms with van der Waals surface area (Å²) in [4.78, 5) is 29.5. The number of carbonyl (C=O) groups excluding carboxylic acids is 2. The van der Waals surface area contributed by atoms with E-state index in [2.05, 4.69) is 4.98 Å². The maximum absolute atomic E-state index is 11.9. The van der Waals surface area contributed by atoms with E-state index in [1.807, 2.05) is 24.3 Å². The molecule has 1 aliphatic rings. The van der Waals surface area contributed by atoms with Gasteiger partial charge in [0.2, 0.25) is 11.8 Å². The molecule has 0 saturated carbocycles. The number of nitrogens with zero attached hydrogens (tertiary/aromatic N) is 2. The van der Waals surface area contributed by atoms with E-state index >= 15 is 0 Å². The Morgan fingerprint density at radius 2 is 1.78 bits per heavy atom. The second kappa shape index (κ2) is 5.17. The maximum atomic E-state index is 11.9. The SMILES string of the molecule is O=C1CCC(=O)N1c1ccc(O)c(-c2nc3ccccc3s2)c1. The summed E-state index contributed by atoms with van der Waals surface area (Å²) in [6, 6.07) is 12.4. The van der Waals surface area contributed by atoms with Crippen LogP contribution in [0.5, 0.6) is 5.75 Å². The lowest BCUT2D eigenvalue weighted by Crippen LogP contribution is -2.28. The highest BCUT2D eigenvalue weighted by Gasteiger charge is 2.30. The number of benzene rings is 2. The van der Waals surface area contributed by atoms with Crippen molar-refractivity contribution >= 4 is 39.1 Å². The summed E-state index contributed by atoms with van der Waals surface area (Å²) < 4.78 is 1.01. The van der Waals surface area contributed by atoms with Gasteiger partial charge in [0, 0.05) is 12.8 Å². The number of hydrogen-bond donors (Lipinski definition) is 1. The van der Waals surface area contributed by atoms with Crippen LogP contribution in [0.25, 0.3) is 20.8 Å². The predicted molar refractivity (Wildman–Crippen MR) is 88.4 cm³/mol. The molecule has 0 radical (unpaired) electrons. The van der Waals surface area contributed by atoms with E-state index in [-0.39, 0.29) is 30.4 Å². The van der Waals surface area contributed by atoms with Crippen LogP contribution in [0.1, 0.15) is 12.8 Å². The molecule has 2 amide bonds. The lowest BCUT2D eigenvalue weighted by Gasteiger charge is -2.15. The second-order valence-corrected chi connectivity index (χ2v) is 6.34. The van der Waals surface area contributed by atoms with Gasteiger partial charge < -0.3 is 5.11 Å². The zero-order chi connectivity index (χ0) is 16.0. The van der Waals surface area contributed by atoms with Crippen molar-refractivity contribution in [2.75, 3.05) is 4.90 Å². The van der Waals surface area contributed by atoms with Crippen LogP contribution in [0.4, 0.5) is 5.69 Å². The molecule has 1 N–H and O–H groups in total. The van der Waals surface area contributed by atoms with Gasteiger partial charge in [0.05, 0.1) is 21.5 Å². The first-order chi connectivity index (χ1) is 11.1. The quantitative estimate of drug-likeness (QED) is 0.734. The standard InChI is InChI=1S/C17H12N2O3S/c20-13-6-5-10(19-15(21)7-8-16(19)22)9-11(13)17-18-12-3-1-2-4-14(12)23-17/h1-6,9,20H,7-8H2. The molecule has 0 bridgehead atoms. The van der Waals surface area contributed by atoms with Crippen LogP contribution in [-0.4, -0.2) is 21.9 Å². The molecule has 1 aliphatic heterocycles. The predicted octanol–water partition coefficient (Wildman–Crippen LogP) is 3.32. The Labute approximate surface area is 135 Å². The number of amides is 2. The molecule has 0 aliphatic carbocycles. The van der Waals surface area contributed by atoms with Gasteiger partial charge in [-0.25, -0.2) is 4.98 Å². The van der Waals surface area contributed by atoms with E-state index in [0.29, 0.717) is 16.3 Å². The number of aromatic nitrogens is 1. The Kier molecular flexibility index (Phi) is 3.12. The van der Waals surface area contributed by atoms with Crippen LogP contribution in [0.2, 0.25) is 0 Å². The summed E-state index contributed by atoms with van der Waals surface area (Å²) >= 11 is 1.46. The number of fused-ring (bicyclic) bond motifs is 1. The summed E-state index contributed by atoms with van der Waals surface area (Å²) in [7, 11) is 0. The normalized spacial score (nSPS) is 14.9. The van der Waals surface area contributed by atoms with Crippen molar-refractivity contribution in [1.29, 1.82) is 0 Å². The number of phenols is 1. The van der Waals surface area contributed by atoms with Crippen molar-refractivity contribution in [2.24, 2.45) is 0 Å². The van der Waals surface area contributed by atoms with Crippen LogP contribution in [0, 0.1) is 0 Å². The summed E-state index contributed by atoms with van der Waals surface area (Å²) in [5.74, 6) is -0.348. The summed E-state index contributed by atoms with van der Waals surface area (Å²) in [5.41, 5.74) is 1.85. The first-order valence-electron chi connectivity index (χ1n) is 7.18. The third-order valence-electron chi connectivity index (χ3n) is 3.81. The molecule has 23 heavy (non-hydrogen) atoms. The first-order valence-corrected chi connectivity index (χ1v) is 8.00. The number of hydrogen-bond acceptors (Lipinski definition) is 5. The number of para-hydroxylation sites is 1. The van der Waals surface area contributed by atoms with Gasteiger partial charge in [0.25, 0.3) is 0 Å². The van der Waals surface area contributed by atoms with E-state index in [0.717, 1.165) is 10.2 Å². The minimum absolute atomic E-state index is 0.0758. The number of anilines is 1. The van der Waals surface area contributed by atoms with E-state index in [4.69, 9.17) is 0 Å². The van der Waals surface area contributed by atoms with Gasteiger partial charge in [-0.1, -0.05) is 12.1 Å². The maximum Gasteiger partial charge on any atom is 0.234 e. The molecule has 1 aromatic heterocycles. The van der Waals surface area contributed by atoms with Gasteiger partial charge in [-0.15, -0.1) is 11.3 Å². The minimum atomic E-state index is -0.212. The van der Waals surface area contributed by atoms with Crippen LogP contribution in [0.3, 0.4) is 0 Å². The summed E-state index contributed by atoms with van der Waals surface area (Å²) in [6.07, 6.45) is 0.465. The average molecular weight is 324 g/mol. The molecule has 0 unspecified atom stereocenters. The molecule has 0 spiro atoms. The minimum Gasteiger partial charge on any atom is -0.507 e. The molecule has 6 heteroatoms. The van der Waals surface area contributed by atoms with Gasteiger partial charge in [-0.2, -0.15) is 0 Å². The van der Waals surface area contributed by atoms with Crippen molar-refractivity contribution in [2.45, 2.75) is 12.8 Å².